The molecule has 0 saturated carbocycles. The van der Waals surface area contributed by atoms with Gasteiger partial charge in [-0.15, -0.1) is 0 Å². The summed E-state index contributed by atoms with van der Waals surface area (Å²) in [6.07, 6.45) is 7.34. The summed E-state index contributed by atoms with van der Waals surface area (Å²) in [5.41, 5.74) is 5.82. The van der Waals surface area contributed by atoms with Gasteiger partial charge in [0.05, 0.1) is 22.1 Å². The number of hydrogen-bond donors (Lipinski definition) is 0. The summed E-state index contributed by atoms with van der Waals surface area (Å²) < 4.78 is 18.2. The molecule has 0 aliphatic rings. The third-order valence-corrected chi connectivity index (χ3v) is 10.0. The highest BCUT2D eigenvalue weighted by molar-refractivity contribution is 6.10. The minimum absolute atomic E-state index is 0.297. The summed E-state index contributed by atoms with van der Waals surface area (Å²) in [6.45, 7) is 4.39. The smallest absolute Gasteiger partial charge is 0.162 e. The Morgan fingerprint density at radius 2 is 0.982 bits per heavy atom. The summed E-state index contributed by atoms with van der Waals surface area (Å²) in [6, 6.07) is 45.2. The lowest BCUT2D eigenvalue weighted by atomic mass is 9.98. The van der Waals surface area contributed by atoms with Gasteiger partial charge >= 0.3 is 0 Å². The molecule has 270 valence electrons. The van der Waals surface area contributed by atoms with Gasteiger partial charge in [0, 0.05) is 57.2 Å². The lowest BCUT2D eigenvalue weighted by molar-refractivity contribution is 0.442. The van der Waals surface area contributed by atoms with Crippen molar-refractivity contribution in [2.24, 2.45) is 5.92 Å². The van der Waals surface area contributed by atoms with E-state index in [9.17, 15) is 0 Å². The van der Waals surface area contributed by atoms with E-state index in [0.29, 0.717) is 41.2 Å². The zero-order valence-electron chi connectivity index (χ0n) is 30.7. The summed E-state index contributed by atoms with van der Waals surface area (Å²) in [5, 5.41) is 4.52. The van der Waals surface area contributed by atoms with E-state index >= 15 is 0 Å². The zero-order chi connectivity index (χ0) is 37.6. The van der Waals surface area contributed by atoms with Crippen LogP contribution in [0.15, 0.2) is 159 Å². The zero-order valence-corrected chi connectivity index (χ0v) is 30.7. The highest BCUT2D eigenvalue weighted by Crippen LogP contribution is 2.43. The second kappa shape index (κ2) is 13.8. The van der Waals surface area contributed by atoms with Crippen LogP contribution in [0.2, 0.25) is 0 Å². The van der Waals surface area contributed by atoms with Crippen LogP contribution in [0.4, 0.5) is 0 Å². The van der Waals surface area contributed by atoms with Crippen molar-refractivity contribution in [3.63, 3.8) is 0 Å². The van der Waals surface area contributed by atoms with E-state index in [1.54, 1.807) is 0 Å². The van der Waals surface area contributed by atoms with Crippen LogP contribution in [0.3, 0.4) is 0 Å². The summed E-state index contributed by atoms with van der Waals surface area (Å²) in [7, 11) is 0. The van der Waals surface area contributed by atoms with Gasteiger partial charge in [-0.05, 0) is 85.1 Å². The highest BCUT2D eigenvalue weighted by atomic mass is 16.5. The number of para-hydroxylation sites is 2. The van der Waals surface area contributed by atoms with E-state index in [1.165, 1.54) is 12.7 Å². The average Bonchev–Trinajstić information content (AvgIpc) is 3.75. The Morgan fingerprint density at radius 3 is 1.46 bits per heavy atom. The number of pyridine rings is 2. The number of benzene rings is 5. The molecule has 5 heterocycles. The van der Waals surface area contributed by atoms with Crippen LogP contribution in [0.25, 0.3) is 66.6 Å². The molecule has 10 aromatic rings. The molecule has 0 bridgehead atoms. The van der Waals surface area contributed by atoms with Crippen LogP contribution in [-0.2, 0) is 6.42 Å². The summed E-state index contributed by atoms with van der Waals surface area (Å²) >= 11 is 0. The van der Waals surface area contributed by atoms with Crippen molar-refractivity contribution in [3.8, 4) is 46.0 Å². The first-order valence-electron chi connectivity index (χ1n) is 18.6. The topological polar surface area (TPSA) is 92.8 Å². The lowest BCUT2D eigenvalue weighted by Gasteiger charge is -2.19. The van der Waals surface area contributed by atoms with Crippen LogP contribution in [0.1, 0.15) is 19.4 Å². The molecule has 0 radical (unpaired) electrons. The van der Waals surface area contributed by atoms with E-state index in [0.717, 1.165) is 66.4 Å². The van der Waals surface area contributed by atoms with Gasteiger partial charge in [0.1, 0.15) is 47.3 Å². The lowest BCUT2D eigenvalue weighted by Crippen LogP contribution is -2.03. The Bertz CT molecular complexity index is 2850. The molecule has 0 fully saturated rings. The molecule has 56 heavy (non-hydrogen) atoms. The molecular weight excluding hydrogens is 695 g/mol. The second-order valence-electron chi connectivity index (χ2n) is 14.2. The Labute approximate surface area is 322 Å². The number of hydrogen-bond acceptors (Lipinski definition) is 7. The van der Waals surface area contributed by atoms with Gasteiger partial charge in [0.2, 0.25) is 0 Å². The quantitative estimate of drug-likeness (QED) is 0.146. The van der Waals surface area contributed by atoms with E-state index < -0.39 is 0 Å². The number of fused-ring (bicyclic) bond motifs is 6. The Kier molecular flexibility index (Phi) is 8.17. The Balaban J connectivity index is 1.13. The fourth-order valence-electron chi connectivity index (χ4n) is 7.68. The predicted molar refractivity (Wildman–Crippen MR) is 221 cm³/mol. The van der Waals surface area contributed by atoms with Crippen molar-refractivity contribution < 1.29 is 9.47 Å². The summed E-state index contributed by atoms with van der Waals surface area (Å²) in [5.74, 6) is 5.18. The third-order valence-electron chi connectivity index (χ3n) is 10.0. The van der Waals surface area contributed by atoms with Gasteiger partial charge in [-0.25, -0.2) is 24.9 Å². The fourth-order valence-corrected chi connectivity index (χ4v) is 7.68. The van der Waals surface area contributed by atoms with Crippen molar-refractivity contribution in [1.82, 2.24) is 34.1 Å². The molecule has 0 unspecified atom stereocenters. The molecule has 0 amide bonds. The highest BCUT2D eigenvalue weighted by Gasteiger charge is 2.21. The van der Waals surface area contributed by atoms with Gasteiger partial charge in [0.15, 0.2) is 5.82 Å². The Hall–Kier alpha value is -7.39. The molecule has 5 aromatic heterocycles. The number of ether oxygens (including phenoxy) is 2. The number of rotatable bonds is 9. The number of nitrogens with zero attached hydrogens (tertiary/aromatic N) is 7. The molecule has 0 saturated heterocycles. The van der Waals surface area contributed by atoms with Crippen LogP contribution in [0, 0.1) is 5.92 Å². The van der Waals surface area contributed by atoms with Crippen LogP contribution < -0.4 is 9.47 Å². The molecule has 10 rings (SSSR count). The van der Waals surface area contributed by atoms with E-state index in [1.807, 2.05) is 73.1 Å². The third kappa shape index (κ3) is 5.86. The maximum atomic E-state index is 6.94. The fraction of sp³-hybridized carbons (Fsp3) is 0.0851. The standard InChI is InChI=1S/C47H35N7O2/c1-30(2)23-38-43(55-32-17-19-36-34-11-3-5-13-39(34)53(41(36)26-32)45-15-7-9-21-49-45)24-31(47-51-28-48-29-52-47)25-44(38)56-33-18-20-37-35-12-4-6-14-40(35)54(42(37)27-33)46-16-8-10-22-50-46/h3-22,24-30H,23H2,1-2H3. The molecule has 9 heteroatoms. The first-order valence-corrected chi connectivity index (χ1v) is 18.6. The molecule has 5 aromatic carbocycles. The number of aromatic nitrogens is 7. The molecular formula is C47H35N7O2. The molecule has 0 spiro atoms. The monoisotopic (exact) mass is 729 g/mol. The SMILES string of the molecule is CC(C)Cc1c(Oc2ccc3c4ccccc4n(-c4ccccn4)c3c2)cc(-c2ncncn2)cc1Oc1ccc2c3ccccc3n(-c3ccccn3)c2c1. The van der Waals surface area contributed by atoms with Crippen LogP contribution in [0.5, 0.6) is 23.0 Å². The van der Waals surface area contributed by atoms with E-state index in [-0.39, 0.29) is 0 Å². The van der Waals surface area contributed by atoms with Crippen molar-refractivity contribution >= 4 is 43.6 Å². The Morgan fingerprint density at radius 1 is 0.500 bits per heavy atom. The van der Waals surface area contributed by atoms with Gasteiger partial charge in [-0.3, -0.25) is 9.13 Å². The maximum Gasteiger partial charge on any atom is 0.162 e. The van der Waals surface area contributed by atoms with Crippen molar-refractivity contribution in [2.75, 3.05) is 0 Å². The molecule has 0 aliphatic carbocycles. The van der Waals surface area contributed by atoms with Gasteiger partial charge in [-0.1, -0.05) is 62.4 Å². The predicted octanol–water partition coefficient (Wildman–Crippen LogP) is 11.3. The first-order chi connectivity index (χ1) is 27.6. The van der Waals surface area contributed by atoms with Gasteiger partial charge in [0.25, 0.3) is 0 Å². The van der Waals surface area contributed by atoms with Gasteiger partial charge < -0.3 is 9.47 Å². The summed E-state index contributed by atoms with van der Waals surface area (Å²) in [4.78, 5) is 22.5. The minimum atomic E-state index is 0.297. The van der Waals surface area contributed by atoms with Crippen molar-refractivity contribution in [1.29, 1.82) is 0 Å². The second-order valence-corrected chi connectivity index (χ2v) is 14.2. The molecule has 0 aliphatic heterocycles. The van der Waals surface area contributed by atoms with Crippen LogP contribution >= 0.6 is 0 Å². The van der Waals surface area contributed by atoms with Crippen molar-refractivity contribution in [3.05, 3.63) is 164 Å². The van der Waals surface area contributed by atoms with Crippen molar-refractivity contribution in [2.45, 2.75) is 20.3 Å². The molecule has 0 N–H and O–H groups in total. The maximum absolute atomic E-state index is 6.94. The van der Waals surface area contributed by atoms with Crippen LogP contribution in [-0.4, -0.2) is 34.1 Å². The molecule has 9 nitrogen and oxygen atoms in total. The largest absolute Gasteiger partial charge is 0.457 e. The first kappa shape index (κ1) is 33.2. The minimum Gasteiger partial charge on any atom is -0.457 e. The van der Waals surface area contributed by atoms with E-state index in [2.05, 4.69) is 111 Å². The normalized spacial score (nSPS) is 11.6. The molecule has 0 atom stereocenters. The van der Waals surface area contributed by atoms with E-state index in [4.69, 9.17) is 19.4 Å². The average molecular weight is 730 g/mol. The van der Waals surface area contributed by atoms with Gasteiger partial charge in [-0.2, -0.15) is 0 Å².